The predicted molar refractivity (Wildman–Crippen MR) is 155 cm³/mol. The number of fused-ring (bicyclic) bond motifs is 1. The minimum absolute atomic E-state index is 0.154. The van der Waals surface area contributed by atoms with Crippen LogP contribution < -0.4 is 20.1 Å². The van der Waals surface area contributed by atoms with Crippen LogP contribution >= 0.6 is 0 Å². The zero-order valence-corrected chi connectivity index (χ0v) is 22.4. The first kappa shape index (κ1) is 26.5. The topological polar surface area (TPSA) is 75.7 Å². The number of hydrogen-bond acceptors (Lipinski definition) is 5. The molecular weight excluding hydrogens is 488 g/mol. The lowest BCUT2D eigenvalue weighted by Crippen LogP contribution is -2.33. The molecule has 1 aromatic heterocycles. The largest absolute Gasteiger partial charge is 0.492 e. The van der Waals surface area contributed by atoms with Crippen molar-refractivity contribution in [3.63, 3.8) is 0 Å². The molecule has 7 nitrogen and oxygen atoms in total. The zero-order chi connectivity index (χ0) is 26.9. The van der Waals surface area contributed by atoms with Gasteiger partial charge in [-0.15, -0.1) is 0 Å². The van der Waals surface area contributed by atoms with E-state index in [2.05, 4.69) is 32.7 Å². The first-order valence-corrected chi connectivity index (χ1v) is 13.7. The summed E-state index contributed by atoms with van der Waals surface area (Å²) in [6.45, 7) is 6.52. The fourth-order valence-corrected chi connectivity index (χ4v) is 4.90. The quantitative estimate of drug-likeness (QED) is 0.246. The molecule has 2 amide bonds. The molecule has 1 saturated heterocycles. The fraction of sp³-hybridized carbons (Fsp3) is 0.312. The number of rotatable bonds is 10. The van der Waals surface area contributed by atoms with Gasteiger partial charge < -0.3 is 20.1 Å². The Morgan fingerprint density at radius 1 is 0.923 bits per heavy atom. The maximum atomic E-state index is 12.6. The Morgan fingerprint density at radius 3 is 2.44 bits per heavy atom. The number of carbonyl (C=O) groups excluding carboxylic acids is 1. The number of benzene rings is 3. The van der Waals surface area contributed by atoms with Crippen molar-refractivity contribution in [2.45, 2.75) is 38.8 Å². The van der Waals surface area contributed by atoms with Gasteiger partial charge in [-0.2, -0.15) is 0 Å². The number of pyridine rings is 1. The van der Waals surface area contributed by atoms with E-state index in [0.717, 1.165) is 45.6 Å². The van der Waals surface area contributed by atoms with Crippen molar-refractivity contribution < 1.29 is 14.3 Å². The lowest BCUT2D eigenvalue weighted by atomic mass is 10.1. The fourth-order valence-electron chi connectivity index (χ4n) is 4.90. The van der Waals surface area contributed by atoms with Gasteiger partial charge in [0.15, 0.2) is 0 Å². The van der Waals surface area contributed by atoms with E-state index in [-0.39, 0.29) is 12.1 Å². The molecule has 4 aromatic rings. The maximum Gasteiger partial charge on any atom is 0.319 e. The second-order valence-electron chi connectivity index (χ2n) is 9.90. The summed E-state index contributed by atoms with van der Waals surface area (Å²) in [6.07, 6.45) is 7.20. The lowest BCUT2D eigenvalue weighted by molar-refractivity contribution is 0.183. The van der Waals surface area contributed by atoms with E-state index in [1.165, 1.54) is 32.4 Å². The van der Waals surface area contributed by atoms with E-state index in [4.69, 9.17) is 9.47 Å². The highest BCUT2D eigenvalue weighted by Crippen LogP contribution is 2.34. The molecule has 2 heterocycles. The second kappa shape index (κ2) is 13.1. The van der Waals surface area contributed by atoms with Crippen molar-refractivity contribution in [3.05, 3.63) is 96.3 Å². The second-order valence-corrected chi connectivity index (χ2v) is 9.90. The summed E-state index contributed by atoms with van der Waals surface area (Å²) in [5.74, 6) is 1.65. The van der Waals surface area contributed by atoms with Crippen LogP contribution in [-0.4, -0.2) is 42.2 Å². The molecule has 0 radical (unpaired) electrons. The van der Waals surface area contributed by atoms with Crippen LogP contribution in [0.3, 0.4) is 0 Å². The molecule has 202 valence electrons. The average molecular weight is 525 g/mol. The van der Waals surface area contributed by atoms with Crippen LogP contribution in [0.2, 0.25) is 0 Å². The first-order valence-electron chi connectivity index (χ1n) is 13.7. The number of likely N-dealkylation sites (tertiary alicyclic amines) is 1. The van der Waals surface area contributed by atoms with E-state index in [9.17, 15) is 4.79 Å². The first-order chi connectivity index (χ1) is 19.2. The Kier molecular flexibility index (Phi) is 8.91. The molecule has 5 rings (SSSR count). The molecule has 1 atom stereocenters. The van der Waals surface area contributed by atoms with Crippen molar-refractivity contribution >= 4 is 22.5 Å². The molecular formula is C32H36N4O3. The van der Waals surface area contributed by atoms with Crippen LogP contribution in [0.1, 0.15) is 43.4 Å². The number of nitrogens with one attached hydrogen (secondary N) is 2. The van der Waals surface area contributed by atoms with Crippen molar-refractivity contribution in [2.24, 2.45) is 0 Å². The van der Waals surface area contributed by atoms with Gasteiger partial charge in [-0.25, -0.2) is 4.79 Å². The van der Waals surface area contributed by atoms with Gasteiger partial charge >= 0.3 is 6.03 Å². The Balaban J connectivity index is 1.19. The molecule has 1 aliphatic rings. The summed E-state index contributed by atoms with van der Waals surface area (Å²) in [4.78, 5) is 19.1. The van der Waals surface area contributed by atoms with Gasteiger partial charge in [0.05, 0.1) is 5.69 Å². The normalized spacial score (nSPS) is 14.5. The molecule has 1 aliphatic heterocycles. The van der Waals surface area contributed by atoms with Gasteiger partial charge in [-0.3, -0.25) is 9.88 Å². The van der Waals surface area contributed by atoms with Gasteiger partial charge in [0.2, 0.25) is 0 Å². The summed E-state index contributed by atoms with van der Waals surface area (Å²) >= 11 is 0. The van der Waals surface area contributed by atoms with Gasteiger partial charge in [-0.1, -0.05) is 42.8 Å². The highest BCUT2D eigenvalue weighted by molar-refractivity contribution is 6.03. The van der Waals surface area contributed by atoms with Crippen LogP contribution in [0.5, 0.6) is 11.5 Å². The molecule has 2 N–H and O–H groups in total. The molecule has 39 heavy (non-hydrogen) atoms. The number of amides is 2. The third-order valence-corrected chi connectivity index (χ3v) is 7.11. The Morgan fingerprint density at radius 2 is 1.67 bits per heavy atom. The molecule has 0 spiro atoms. The van der Waals surface area contributed by atoms with Crippen LogP contribution in [0, 0.1) is 0 Å². The molecule has 1 fully saturated rings. The number of aromatic nitrogens is 1. The number of piperidine rings is 1. The number of anilines is 1. The standard InChI is InChI=1S/C32H36N4O3/c1-24(26-9-11-27(12-10-26)38-22-21-36-19-5-2-6-20-36)39-31-14-13-30(28-7-3-4-8-29(28)31)35-32(37)34-23-25-15-17-33-18-16-25/h3-4,7-18,24H,2,5-6,19-23H2,1H3,(H2,34,35,37). The third-order valence-electron chi connectivity index (χ3n) is 7.11. The highest BCUT2D eigenvalue weighted by atomic mass is 16.5. The van der Waals surface area contributed by atoms with Crippen LogP contribution in [-0.2, 0) is 6.54 Å². The van der Waals surface area contributed by atoms with Crippen LogP contribution in [0.25, 0.3) is 10.8 Å². The summed E-state index contributed by atoms with van der Waals surface area (Å²) in [6, 6.07) is 23.4. The molecule has 3 aromatic carbocycles. The van der Waals surface area contributed by atoms with E-state index >= 15 is 0 Å². The molecule has 0 bridgehead atoms. The summed E-state index contributed by atoms with van der Waals surface area (Å²) in [5.41, 5.74) is 2.78. The number of urea groups is 1. The van der Waals surface area contributed by atoms with Crippen molar-refractivity contribution in [2.75, 3.05) is 31.6 Å². The van der Waals surface area contributed by atoms with Gasteiger partial charge in [0.25, 0.3) is 0 Å². The van der Waals surface area contributed by atoms with Crippen molar-refractivity contribution in [3.8, 4) is 11.5 Å². The third kappa shape index (κ3) is 7.27. The SMILES string of the molecule is CC(Oc1ccc(NC(=O)NCc2ccncc2)c2ccccc12)c1ccc(OCCN2CCCCC2)cc1. The lowest BCUT2D eigenvalue weighted by Gasteiger charge is -2.26. The zero-order valence-electron chi connectivity index (χ0n) is 22.4. The monoisotopic (exact) mass is 524 g/mol. The Labute approximate surface area is 230 Å². The van der Waals surface area contributed by atoms with Gasteiger partial charge in [0, 0.05) is 36.3 Å². The molecule has 0 saturated carbocycles. The average Bonchev–Trinajstić information content (AvgIpc) is 2.99. The van der Waals surface area contributed by atoms with E-state index in [1.54, 1.807) is 12.4 Å². The number of nitrogens with zero attached hydrogens (tertiary/aromatic N) is 2. The molecule has 0 aliphatic carbocycles. The number of carbonyl (C=O) groups is 1. The Hall–Kier alpha value is -4.10. The Bertz CT molecular complexity index is 1360. The summed E-state index contributed by atoms with van der Waals surface area (Å²) in [5, 5.41) is 7.72. The maximum absolute atomic E-state index is 12.6. The summed E-state index contributed by atoms with van der Waals surface area (Å²) in [7, 11) is 0. The summed E-state index contributed by atoms with van der Waals surface area (Å²) < 4.78 is 12.4. The predicted octanol–water partition coefficient (Wildman–Crippen LogP) is 6.56. The number of hydrogen-bond donors (Lipinski definition) is 2. The van der Waals surface area contributed by atoms with Crippen molar-refractivity contribution in [1.29, 1.82) is 0 Å². The van der Waals surface area contributed by atoms with Crippen LogP contribution in [0.15, 0.2) is 85.2 Å². The van der Waals surface area contributed by atoms with E-state index in [1.807, 2.05) is 67.6 Å². The molecule has 1 unspecified atom stereocenters. The number of ether oxygens (including phenoxy) is 2. The minimum atomic E-state index is -0.266. The van der Waals surface area contributed by atoms with Crippen molar-refractivity contribution in [1.82, 2.24) is 15.2 Å². The van der Waals surface area contributed by atoms with E-state index in [0.29, 0.717) is 13.2 Å². The highest BCUT2D eigenvalue weighted by Gasteiger charge is 2.14. The minimum Gasteiger partial charge on any atom is -0.492 e. The smallest absolute Gasteiger partial charge is 0.319 e. The van der Waals surface area contributed by atoms with Gasteiger partial charge in [0.1, 0.15) is 24.2 Å². The van der Waals surface area contributed by atoms with Gasteiger partial charge in [-0.05, 0) is 80.4 Å². The molecule has 7 heteroatoms. The van der Waals surface area contributed by atoms with Crippen LogP contribution in [0.4, 0.5) is 10.5 Å². The van der Waals surface area contributed by atoms with E-state index < -0.39 is 0 Å².